The van der Waals surface area contributed by atoms with Crippen molar-refractivity contribution in [3.63, 3.8) is 0 Å². The number of hydrogen-bond donors (Lipinski definition) is 2. The zero-order valence-electron chi connectivity index (χ0n) is 9.15. The number of nitrogens with one attached hydrogen (secondary N) is 1. The minimum absolute atomic E-state index is 0.202. The number of aliphatic hydroxyl groups is 1. The highest BCUT2D eigenvalue weighted by Crippen LogP contribution is 2.12. The molecule has 1 aromatic rings. The molecule has 0 aromatic heterocycles. The van der Waals surface area contributed by atoms with E-state index in [9.17, 15) is 9.50 Å². The largest absolute Gasteiger partial charge is 0.387 e. The molecule has 0 heterocycles. The molecule has 0 fully saturated rings. The molecule has 1 aromatic carbocycles. The van der Waals surface area contributed by atoms with Crippen molar-refractivity contribution in [3.05, 3.63) is 35.6 Å². The second kappa shape index (κ2) is 7.29. The van der Waals surface area contributed by atoms with E-state index in [4.69, 9.17) is 9.57 Å². The molecule has 90 valence electrons. The molecule has 0 saturated carbocycles. The van der Waals surface area contributed by atoms with Crippen molar-refractivity contribution in [2.75, 3.05) is 26.9 Å². The number of hydroxylamine groups is 1. The minimum Gasteiger partial charge on any atom is -0.387 e. The van der Waals surface area contributed by atoms with Gasteiger partial charge in [-0.1, -0.05) is 12.1 Å². The van der Waals surface area contributed by atoms with Crippen LogP contribution in [0.15, 0.2) is 24.3 Å². The van der Waals surface area contributed by atoms with E-state index in [1.165, 1.54) is 12.1 Å². The maximum atomic E-state index is 12.8. The van der Waals surface area contributed by atoms with E-state index in [1.54, 1.807) is 19.2 Å². The first-order valence-electron chi connectivity index (χ1n) is 5.01. The van der Waals surface area contributed by atoms with Crippen molar-refractivity contribution < 1.29 is 19.1 Å². The molecule has 5 heteroatoms. The van der Waals surface area contributed by atoms with Gasteiger partial charge in [0, 0.05) is 7.11 Å². The lowest BCUT2D eigenvalue weighted by molar-refractivity contribution is -0.0112. The molecule has 0 aliphatic heterocycles. The number of hydrogen-bond acceptors (Lipinski definition) is 4. The molecule has 1 unspecified atom stereocenters. The second-order valence-electron chi connectivity index (χ2n) is 3.26. The van der Waals surface area contributed by atoms with Crippen molar-refractivity contribution in [2.45, 2.75) is 6.10 Å². The Morgan fingerprint density at radius 1 is 1.44 bits per heavy atom. The summed E-state index contributed by atoms with van der Waals surface area (Å²) in [6, 6.07) is 5.84. The number of rotatable bonds is 7. The first-order chi connectivity index (χ1) is 7.74. The Labute approximate surface area is 93.9 Å². The molecule has 0 aliphatic rings. The standard InChI is InChI=1S/C11H16FNO3/c1-15-5-6-16-13-8-11(14)9-3-2-4-10(12)7-9/h2-4,7,11,13-14H,5-6,8H2,1H3. The van der Waals surface area contributed by atoms with Crippen LogP contribution in [-0.4, -0.2) is 32.0 Å². The van der Waals surface area contributed by atoms with Gasteiger partial charge >= 0.3 is 0 Å². The van der Waals surface area contributed by atoms with Gasteiger partial charge in [0.1, 0.15) is 5.82 Å². The molecule has 16 heavy (non-hydrogen) atoms. The fraction of sp³-hybridized carbons (Fsp3) is 0.455. The number of aliphatic hydroxyl groups excluding tert-OH is 1. The van der Waals surface area contributed by atoms with E-state index in [0.29, 0.717) is 18.8 Å². The fourth-order valence-electron chi connectivity index (χ4n) is 1.17. The van der Waals surface area contributed by atoms with Gasteiger partial charge in [-0.15, -0.1) is 0 Å². The van der Waals surface area contributed by atoms with Crippen LogP contribution in [0, 0.1) is 5.82 Å². The van der Waals surface area contributed by atoms with Crippen LogP contribution < -0.4 is 5.48 Å². The lowest BCUT2D eigenvalue weighted by Gasteiger charge is -2.12. The van der Waals surface area contributed by atoms with Crippen LogP contribution in [-0.2, 0) is 9.57 Å². The Morgan fingerprint density at radius 3 is 2.94 bits per heavy atom. The topological polar surface area (TPSA) is 50.7 Å². The third-order valence-corrected chi connectivity index (χ3v) is 2.00. The molecule has 0 amide bonds. The van der Waals surface area contributed by atoms with Crippen molar-refractivity contribution in [2.24, 2.45) is 0 Å². The highest BCUT2D eigenvalue weighted by Gasteiger charge is 2.07. The van der Waals surface area contributed by atoms with E-state index in [0.717, 1.165) is 0 Å². The Kier molecular flexibility index (Phi) is 5.95. The first kappa shape index (κ1) is 13.1. The molecule has 0 aliphatic carbocycles. The number of benzene rings is 1. The molecule has 1 atom stereocenters. The Morgan fingerprint density at radius 2 is 2.25 bits per heavy atom. The summed E-state index contributed by atoms with van der Waals surface area (Å²) in [6.07, 6.45) is -0.793. The number of methoxy groups -OCH3 is 1. The molecule has 4 nitrogen and oxygen atoms in total. The van der Waals surface area contributed by atoms with Gasteiger partial charge in [0.25, 0.3) is 0 Å². The Bertz CT molecular complexity index is 309. The van der Waals surface area contributed by atoms with Gasteiger partial charge in [-0.05, 0) is 17.7 Å². The van der Waals surface area contributed by atoms with Crippen molar-refractivity contribution >= 4 is 0 Å². The zero-order valence-corrected chi connectivity index (χ0v) is 9.15. The van der Waals surface area contributed by atoms with E-state index < -0.39 is 6.10 Å². The van der Waals surface area contributed by atoms with Gasteiger partial charge < -0.3 is 9.84 Å². The molecule has 0 spiro atoms. The highest BCUT2D eigenvalue weighted by atomic mass is 19.1. The monoisotopic (exact) mass is 229 g/mol. The van der Waals surface area contributed by atoms with Crippen LogP contribution >= 0.6 is 0 Å². The maximum absolute atomic E-state index is 12.8. The summed E-state index contributed by atoms with van der Waals surface area (Å²) in [5.74, 6) is -0.364. The quantitative estimate of drug-likeness (QED) is 0.541. The van der Waals surface area contributed by atoms with E-state index in [-0.39, 0.29) is 12.4 Å². The molecule has 0 saturated heterocycles. The van der Waals surface area contributed by atoms with Crippen LogP contribution in [0.1, 0.15) is 11.7 Å². The Balaban J connectivity index is 2.27. The predicted octanol–water partition coefficient (Wildman–Crippen LogP) is 1.03. The van der Waals surface area contributed by atoms with E-state index in [1.807, 2.05) is 0 Å². The van der Waals surface area contributed by atoms with Gasteiger partial charge in [-0.2, -0.15) is 5.48 Å². The van der Waals surface area contributed by atoms with Crippen molar-refractivity contribution in [3.8, 4) is 0 Å². The smallest absolute Gasteiger partial charge is 0.123 e. The minimum atomic E-state index is -0.793. The lowest BCUT2D eigenvalue weighted by atomic mass is 10.1. The SMILES string of the molecule is COCCONCC(O)c1cccc(F)c1. The molecule has 0 radical (unpaired) electrons. The van der Waals surface area contributed by atoms with Crippen LogP contribution in [0.5, 0.6) is 0 Å². The van der Waals surface area contributed by atoms with Gasteiger partial charge in [0.2, 0.25) is 0 Å². The maximum Gasteiger partial charge on any atom is 0.123 e. The normalized spacial score (nSPS) is 12.7. The lowest BCUT2D eigenvalue weighted by Crippen LogP contribution is -2.23. The molecular weight excluding hydrogens is 213 g/mol. The molecule has 1 rings (SSSR count). The summed E-state index contributed by atoms with van der Waals surface area (Å²) < 4.78 is 17.6. The molecular formula is C11H16FNO3. The third kappa shape index (κ3) is 4.67. The average molecular weight is 229 g/mol. The van der Waals surface area contributed by atoms with Gasteiger partial charge in [-0.25, -0.2) is 4.39 Å². The van der Waals surface area contributed by atoms with Crippen LogP contribution in [0.4, 0.5) is 4.39 Å². The Hall–Kier alpha value is -1.01. The van der Waals surface area contributed by atoms with Crippen LogP contribution in [0.2, 0.25) is 0 Å². The average Bonchev–Trinajstić information content (AvgIpc) is 2.28. The third-order valence-electron chi connectivity index (χ3n) is 2.00. The van der Waals surface area contributed by atoms with E-state index >= 15 is 0 Å². The summed E-state index contributed by atoms with van der Waals surface area (Å²) >= 11 is 0. The van der Waals surface area contributed by atoms with Crippen molar-refractivity contribution in [1.29, 1.82) is 0 Å². The summed E-state index contributed by atoms with van der Waals surface area (Å²) in [6.45, 7) is 1.07. The van der Waals surface area contributed by atoms with Crippen molar-refractivity contribution in [1.82, 2.24) is 5.48 Å². The van der Waals surface area contributed by atoms with Gasteiger partial charge in [0.15, 0.2) is 0 Å². The molecule has 2 N–H and O–H groups in total. The zero-order chi connectivity index (χ0) is 11.8. The number of ether oxygens (including phenoxy) is 1. The van der Waals surface area contributed by atoms with Gasteiger partial charge in [-0.3, -0.25) is 4.84 Å². The highest BCUT2D eigenvalue weighted by molar-refractivity contribution is 5.18. The van der Waals surface area contributed by atoms with Crippen LogP contribution in [0.3, 0.4) is 0 Å². The summed E-state index contributed by atoms with van der Waals surface area (Å²) in [4.78, 5) is 4.97. The summed E-state index contributed by atoms with van der Waals surface area (Å²) in [7, 11) is 1.57. The fourth-order valence-corrected chi connectivity index (χ4v) is 1.17. The van der Waals surface area contributed by atoms with Crippen LogP contribution in [0.25, 0.3) is 0 Å². The predicted molar refractivity (Wildman–Crippen MR) is 57.2 cm³/mol. The molecule has 0 bridgehead atoms. The summed E-state index contributed by atoms with van der Waals surface area (Å²) in [5, 5.41) is 9.66. The van der Waals surface area contributed by atoms with Gasteiger partial charge in [0.05, 0.1) is 25.9 Å². The second-order valence-corrected chi connectivity index (χ2v) is 3.26. The van der Waals surface area contributed by atoms with E-state index in [2.05, 4.69) is 5.48 Å². The first-order valence-corrected chi connectivity index (χ1v) is 5.01. The number of halogens is 1. The summed E-state index contributed by atoms with van der Waals surface area (Å²) in [5.41, 5.74) is 3.10.